The number of ketones is 1. The lowest BCUT2D eigenvalue weighted by Crippen LogP contribution is -2.62. The minimum absolute atomic E-state index is 0.0112. The van der Waals surface area contributed by atoms with E-state index in [4.69, 9.17) is 9.47 Å². The van der Waals surface area contributed by atoms with Crippen molar-refractivity contribution in [2.75, 3.05) is 41.4 Å². The lowest BCUT2D eigenvalue weighted by molar-refractivity contribution is -0.149. The van der Waals surface area contributed by atoms with Crippen molar-refractivity contribution in [1.82, 2.24) is 50.7 Å². The SMILES string of the molecule is CCNC(=O)c1nnc(-c2cc(C(C)C)c(O)cc2O)n1-c1ccc(C(=O)N[C@@H](C)C(=O)N[C@@H](Cc2ccccc2)C(=O)N(C)[C@@H](C(=O)N[C@H](C(=O)N(C)C([C@@H](C)CC)[C@@H](CC(=O)N2CCC[C@@H]2[C@@H](OC)[C@@H](C)C(=O)C[C@@H](C)[C@H](O)c2ccccc2)OC)C(C)C)C(C)C)cc1. The number of hydrogen-bond donors (Lipinski definition) is 7. The van der Waals surface area contributed by atoms with Crippen LogP contribution in [0, 0.1) is 29.6 Å². The van der Waals surface area contributed by atoms with Gasteiger partial charge in [-0.3, -0.25) is 42.9 Å². The van der Waals surface area contributed by atoms with Crippen LogP contribution in [0.3, 0.4) is 0 Å². The molecule has 1 aliphatic rings. The van der Waals surface area contributed by atoms with Gasteiger partial charge in [0.25, 0.3) is 11.8 Å². The van der Waals surface area contributed by atoms with Crippen molar-refractivity contribution in [3.8, 4) is 28.6 Å². The van der Waals surface area contributed by atoms with Crippen molar-refractivity contribution in [3.63, 3.8) is 0 Å². The number of aromatic hydroxyl groups is 2. The smallest absolute Gasteiger partial charge is 0.289 e. The van der Waals surface area contributed by atoms with Crippen LogP contribution in [0.2, 0.25) is 0 Å². The number of phenolic OH excluding ortho intramolecular Hbond substituents is 2. The van der Waals surface area contributed by atoms with Crippen LogP contribution in [-0.2, 0) is 44.7 Å². The number of Topliss-reactive ketones (excluding diaryl/α,β-unsaturated/α-hetero) is 1. The average Bonchev–Trinajstić information content (AvgIpc) is 1.54. The number of aliphatic hydroxyl groups is 1. The van der Waals surface area contributed by atoms with Crippen LogP contribution in [0.1, 0.15) is 165 Å². The first-order chi connectivity index (χ1) is 45.5. The van der Waals surface area contributed by atoms with Crippen molar-refractivity contribution >= 4 is 47.1 Å². The Hall–Kier alpha value is -8.54. The molecule has 0 aliphatic carbocycles. The number of aliphatic hydroxyl groups excluding tert-OH is 1. The molecule has 6 rings (SSSR count). The number of rotatable bonds is 33. The molecule has 0 radical (unpaired) electrons. The third-order valence-electron chi connectivity index (χ3n) is 18.7. The van der Waals surface area contributed by atoms with Gasteiger partial charge in [0.15, 0.2) is 5.82 Å². The van der Waals surface area contributed by atoms with Gasteiger partial charge < -0.3 is 60.8 Å². The maximum absolute atomic E-state index is 15.1. The maximum Gasteiger partial charge on any atom is 0.289 e. The minimum atomic E-state index is -1.24. The predicted octanol–water partition coefficient (Wildman–Crippen LogP) is 7.94. The number of methoxy groups -OCH3 is 2. The van der Waals surface area contributed by atoms with Crippen LogP contribution in [0.4, 0.5) is 0 Å². The Morgan fingerprint density at radius 1 is 0.688 bits per heavy atom. The number of phenols is 2. The van der Waals surface area contributed by atoms with Crippen LogP contribution in [0.5, 0.6) is 11.5 Å². The zero-order valence-electron chi connectivity index (χ0n) is 58.7. The summed E-state index contributed by atoms with van der Waals surface area (Å²) in [4.78, 5) is 119. The highest BCUT2D eigenvalue weighted by Gasteiger charge is 2.44. The Morgan fingerprint density at radius 2 is 1.32 bits per heavy atom. The van der Waals surface area contributed by atoms with Gasteiger partial charge in [-0.15, -0.1) is 10.2 Å². The fraction of sp³-hybridized carbons (Fsp3) is 0.534. The van der Waals surface area contributed by atoms with E-state index in [1.165, 1.54) is 48.7 Å². The average molecular weight is 1330 g/mol. The molecule has 1 unspecified atom stereocenters. The molecule has 0 bridgehead atoms. The molecule has 5 aromatic rings. The number of amides is 7. The number of ether oxygens (including phenoxy) is 2. The van der Waals surface area contributed by atoms with E-state index in [0.29, 0.717) is 42.6 Å². The van der Waals surface area contributed by atoms with Crippen molar-refractivity contribution in [1.29, 1.82) is 0 Å². The number of aromatic nitrogens is 3. The number of nitrogens with one attached hydrogen (secondary N) is 4. The summed E-state index contributed by atoms with van der Waals surface area (Å²) in [5.41, 5.74) is 2.63. The second-order valence-electron chi connectivity index (χ2n) is 26.6. The van der Waals surface area contributed by atoms with Crippen LogP contribution < -0.4 is 21.3 Å². The number of nitrogens with zero attached hydrogens (tertiary/aromatic N) is 6. The standard InChI is InChI=1S/C73H102N10O13/c1-17-44(9)63(59(95-15)40-60(87)82-35-25-30-55(82)65(96-16)46(11)56(84)36-45(10)64(88)49-28-23-20-24-29-49)81(14)73(94)61(42(5)6)77-70(91)62(43(7)8)80(13)72(93)54(37-48-26-21-19-22-27-48)76-68(89)47(12)75-69(90)50-31-33-51(34-32-50)83-66(78-79-67(83)71(92)74-18-2)53-38-52(41(3)4)57(85)39-58(53)86/h19-24,26-29,31-34,38-39,41-47,54-55,59,61-65,85-86,88H,17-18,25,30,35-37,40H2,1-16H3,(H,74,92)(H,75,90)(H,76,89)(H,77,91)/t44-,45+,46-,47-,54-,55+,59+,61-,62+,63?,64-,65-/m0/s1. The fourth-order valence-electron chi connectivity index (χ4n) is 13.0. The molecule has 23 nitrogen and oxygen atoms in total. The van der Waals surface area contributed by atoms with Gasteiger partial charge >= 0.3 is 0 Å². The normalized spacial score (nSPS) is 16.7. The highest BCUT2D eigenvalue weighted by atomic mass is 16.5. The Kier molecular flexibility index (Phi) is 27.8. The highest BCUT2D eigenvalue weighted by Crippen LogP contribution is 2.39. The summed E-state index contributed by atoms with van der Waals surface area (Å²) in [5, 5.41) is 52.3. The van der Waals surface area contributed by atoms with Crippen LogP contribution in [-0.4, -0.2) is 182 Å². The number of carbonyl (C=O) groups excluding carboxylic acids is 8. The van der Waals surface area contributed by atoms with E-state index in [1.54, 1.807) is 101 Å². The van der Waals surface area contributed by atoms with Crippen molar-refractivity contribution in [3.05, 3.63) is 125 Å². The molecule has 96 heavy (non-hydrogen) atoms. The Balaban J connectivity index is 1.16. The summed E-state index contributed by atoms with van der Waals surface area (Å²) in [6.07, 6.45) is -0.282. The summed E-state index contributed by atoms with van der Waals surface area (Å²) in [5.74, 6) is -6.53. The van der Waals surface area contributed by atoms with E-state index in [2.05, 4.69) is 31.5 Å². The molecule has 12 atom stereocenters. The summed E-state index contributed by atoms with van der Waals surface area (Å²) < 4.78 is 13.6. The first kappa shape index (κ1) is 76.5. The molecule has 23 heteroatoms. The Labute approximate surface area is 565 Å². The number of likely N-dealkylation sites (tertiary alicyclic amines) is 1. The molecule has 1 fully saturated rings. The monoisotopic (exact) mass is 1330 g/mol. The number of carbonyl (C=O) groups is 8. The van der Waals surface area contributed by atoms with Gasteiger partial charge in [-0.1, -0.05) is 136 Å². The van der Waals surface area contributed by atoms with Gasteiger partial charge in [0.2, 0.25) is 35.4 Å². The molecular weight excluding hydrogens is 1220 g/mol. The molecule has 1 aliphatic heterocycles. The van der Waals surface area contributed by atoms with E-state index < -0.39 is 108 Å². The zero-order chi connectivity index (χ0) is 71.0. The fourth-order valence-corrected chi connectivity index (χ4v) is 13.0. The van der Waals surface area contributed by atoms with Crippen LogP contribution in [0.25, 0.3) is 17.1 Å². The second kappa shape index (κ2) is 34.9. The van der Waals surface area contributed by atoms with Gasteiger partial charge in [0.1, 0.15) is 41.4 Å². The third-order valence-corrected chi connectivity index (χ3v) is 18.7. The first-order valence-electron chi connectivity index (χ1n) is 33.5. The summed E-state index contributed by atoms with van der Waals surface area (Å²) in [6, 6.07) is 21.3. The zero-order valence-corrected chi connectivity index (χ0v) is 58.7. The van der Waals surface area contributed by atoms with Gasteiger partial charge in [0, 0.05) is 77.5 Å². The molecule has 1 aromatic heterocycles. The summed E-state index contributed by atoms with van der Waals surface area (Å²) in [6.45, 7) is 22.4. The predicted molar refractivity (Wildman–Crippen MR) is 366 cm³/mol. The van der Waals surface area contributed by atoms with E-state index in [9.17, 15) is 48.9 Å². The first-order valence-corrected chi connectivity index (χ1v) is 33.5. The van der Waals surface area contributed by atoms with E-state index in [0.717, 1.165) is 5.56 Å². The molecule has 7 N–H and O–H groups in total. The van der Waals surface area contributed by atoms with E-state index in [1.807, 2.05) is 77.9 Å². The molecule has 7 amide bonds. The van der Waals surface area contributed by atoms with Crippen molar-refractivity contribution < 1.29 is 63.1 Å². The molecule has 2 heterocycles. The number of likely N-dealkylation sites (N-methyl/N-ethyl adjacent to an activating group) is 2. The molecule has 1 saturated heterocycles. The number of benzene rings is 4. The summed E-state index contributed by atoms with van der Waals surface area (Å²) in [7, 11) is 6.16. The minimum Gasteiger partial charge on any atom is -0.508 e. The lowest BCUT2D eigenvalue weighted by Gasteiger charge is -2.41. The van der Waals surface area contributed by atoms with Crippen LogP contribution in [0.15, 0.2) is 97.1 Å². The van der Waals surface area contributed by atoms with Crippen LogP contribution >= 0.6 is 0 Å². The quantitative estimate of drug-likeness (QED) is 0.0210. The second-order valence-corrected chi connectivity index (χ2v) is 26.6. The molecular formula is C73H102N10O13. The van der Waals surface area contributed by atoms with Gasteiger partial charge in [-0.2, -0.15) is 0 Å². The van der Waals surface area contributed by atoms with E-state index in [-0.39, 0.29) is 89.5 Å². The topological polar surface area (TPSA) is 304 Å². The molecule has 0 spiro atoms. The molecule has 0 saturated carbocycles. The van der Waals surface area contributed by atoms with Crippen molar-refractivity contribution in [2.24, 2.45) is 29.6 Å². The van der Waals surface area contributed by atoms with E-state index >= 15 is 4.79 Å². The highest BCUT2D eigenvalue weighted by molar-refractivity contribution is 5.99. The Morgan fingerprint density at radius 3 is 1.90 bits per heavy atom. The number of hydrogen-bond acceptors (Lipinski definition) is 15. The van der Waals surface area contributed by atoms with Gasteiger partial charge in [0.05, 0.1) is 42.4 Å². The maximum atomic E-state index is 15.1. The molecule has 522 valence electrons. The van der Waals surface area contributed by atoms with Gasteiger partial charge in [-0.25, -0.2) is 0 Å². The third kappa shape index (κ3) is 18.5. The largest absolute Gasteiger partial charge is 0.508 e. The van der Waals surface area contributed by atoms with Gasteiger partial charge in [-0.05, 0) is 103 Å². The summed E-state index contributed by atoms with van der Waals surface area (Å²) >= 11 is 0. The Bertz CT molecular complexity index is 3450. The van der Waals surface area contributed by atoms with Crippen molar-refractivity contribution in [2.45, 2.75) is 182 Å². The lowest BCUT2D eigenvalue weighted by atomic mass is 9.85. The molecule has 4 aromatic carbocycles.